The highest BCUT2D eigenvalue weighted by molar-refractivity contribution is 6.31. The maximum atomic E-state index is 10.8. The molecule has 1 N–H and O–H groups in total. The fourth-order valence-corrected chi connectivity index (χ4v) is 2.27. The first-order valence-corrected chi connectivity index (χ1v) is 5.11. The van der Waals surface area contributed by atoms with Gasteiger partial charge in [0.15, 0.2) is 0 Å². The molecule has 0 amide bonds. The largest absolute Gasteiger partial charge is 0.478 e. The number of hydrogen-bond donors (Lipinski definition) is 1. The lowest BCUT2D eigenvalue weighted by molar-refractivity contribution is 0.0696. The van der Waals surface area contributed by atoms with Gasteiger partial charge in [0.1, 0.15) is 0 Å². The van der Waals surface area contributed by atoms with Crippen molar-refractivity contribution in [3.05, 3.63) is 33.8 Å². The fraction of sp³-hybridized carbons (Fsp3) is 0.364. The predicted octanol–water partition coefficient (Wildman–Crippen LogP) is 2.92. The number of carboxylic acids is 1. The molecule has 0 bridgehead atoms. The van der Waals surface area contributed by atoms with E-state index in [1.54, 1.807) is 12.1 Å². The number of hydrogen-bond acceptors (Lipinski definition) is 1. The van der Waals surface area contributed by atoms with Crippen molar-refractivity contribution in [2.45, 2.75) is 25.7 Å². The standard InChI is InChI=1S/C11H11ClO2/c12-10-6-8(11(13)14)5-7-3-1-2-4-9(7)10/h5-6H,1-4H2,(H,13,14). The van der Waals surface area contributed by atoms with E-state index in [4.69, 9.17) is 16.7 Å². The minimum Gasteiger partial charge on any atom is -0.478 e. The minimum absolute atomic E-state index is 0.302. The van der Waals surface area contributed by atoms with Crippen LogP contribution >= 0.6 is 11.6 Å². The maximum Gasteiger partial charge on any atom is 0.335 e. The molecule has 2 rings (SSSR count). The third kappa shape index (κ3) is 1.62. The Labute approximate surface area is 87.5 Å². The number of halogens is 1. The monoisotopic (exact) mass is 210 g/mol. The first-order valence-electron chi connectivity index (χ1n) is 4.73. The number of carboxylic acid groups (broad SMARTS) is 1. The lowest BCUT2D eigenvalue weighted by atomic mass is 9.90. The summed E-state index contributed by atoms with van der Waals surface area (Å²) < 4.78 is 0. The molecular weight excluding hydrogens is 200 g/mol. The van der Waals surface area contributed by atoms with Gasteiger partial charge in [-0.05, 0) is 48.9 Å². The van der Waals surface area contributed by atoms with E-state index >= 15 is 0 Å². The number of benzene rings is 1. The maximum absolute atomic E-state index is 10.8. The first-order chi connectivity index (χ1) is 6.68. The second-order valence-corrected chi connectivity index (χ2v) is 4.02. The van der Waals surface area contributed by atoms with Crippen molar-refractivity contribution in [1.29, 1.82) is 0 Å². The molecule has 1 aliphatic carbocycles. The Bertz CT molecular complexity index is 385. The van der Waals surface area contributed by atoms with Crippen molar-refractivity contribution in [2.24, 2.45) is 0 Å². The molecule has 0 heterocycles. The van der Waals surface area contributed by atoms with Gasteiger partial charge in [0.25, 0.3) is 0 Å². The van der Waals surface area contributed by atoms with Gasteiger partial charge in [-0.1, -0.05) is 11.6 Å². The Morgan fingerprint density at radius 1 is 1.29 bits per heavy atom. The van der Waals surface area contributed by atoms with Crippen molar-refractivity contribution < 1.29 is 9.90 Å². The van der Waals surface area contributed by atoms with Crippen molar-refractivity contribution in [3.63, 3.8) is 0 Å². The Kier molecular flexibility index (Phi) is 2.46. The van der Waals surface area contributed by atoms with E-state index in [0.29, 0.717) is 10.6 Å². The molecule has 0 saturated carbocycles. The van der Waals surface area contributed by atoms with Gasteiger partial charge in [-0.25, -0.2) is 4.79 Å². The van der Waals surface area contributed by atoms with E-state index in [1.807, 2.05) is 0 Å². The van der Waals surface area contributed by atoms with E-state index < -0.39 is 5.97 Å². The second-order valence-electron chi connectivity index (χ2n) is 3.61. The van der Waals surface area contributed by atoms with Crippen LogP contribution in [0.4, 0.5) is 0 Å². The molecular formula is C11H11ClO2. The van der Waals surface area contributed by atoms with E-state index in [9.17, 15) is 4.79 Å². The Morgan fingerprint density at radius 3 is 2.71 bits per heavy atom. The summed E-state index contributed by atoms with van der Waals surface area (Å²) >= 11 is 6.03. The average molecular weight is 211 g/mol. The summed E-state index contributed by atoms with van der Waals surface area (Å²) in [5.41, 5.74) is 2.56. The van der Waals surface area contributed by atoms with E-state index in [-0.39, 0.29) is 0 Å². The molecule has 2 nitrogen and oxygen atoms in total. The van der Waals surface area contributed by atoms with Gasteiger partial charge >= 0.3 is 5.97 Å². The van der Waals surface area contributed by atoms with Gasteiger partial charge in [-0.3, -0.25) is 0 Å². The van der Waals surface area contributed by atoms with Crippen LogP contribution in [-0.4, -0.2) is 11.1 Å². The Balaban J connectivity index is 2.51. The summed E-state index contributed by atoms with van der Waals surface area (Å²) in [4.78, 5) is 10.8. The molecule has 0 radical (unpaired) electrons. The van der Waals surface area contributed by atoms with E-state index in [2.05, 4.69) is 0 Å². The predicted molar refractivity (Wildman–Crippen MR) is 55.1 cm³/mol. The smallest absolute Gasteiger partial charge is 0.335 e. The summed E-state index contributed by atoms with van der Waals surface area (Å²) in [7, 11) is 0. The highest BCUT2D eigenvalue weighted by atomic mass is 35.5. The summed E-state index contributed by atoms with van der Waals surface area (Å²) in [6.07, 6.45) is 4.22. The average Bonchev–Trinajstić information content (AvgIpc) is 2.17. The van der Waals surface area contributed by atoms with Gasteiger partial charge in [0.2, 0.25) is 0 Å². The molecule has 0 atom stereocenters. The van der Waals surface area contributed by atoms with Crippen LogP contribution in [0, 0.1) is 0 Å². The number of carbonyl (C=O) groups is 1. The molecule has 3 heteroatoms. The van der Waals surface area contributed by atoms with Crippen LogP contribution in [0.15, 0.2) is 12.1 Å². The van der Waals surface area contributed by atoms with Gasteiger partial charge in [-0.2, -0.15) is 0 Å². The molecule has 74 valence electrons. The molecule has 1 aromatic carbocycles. The molecule has 0 aromatic heterocycles. The fourth-order valence-electron chi connectivity index (χ4n) is 1.94. The zero-order valence-electron chi connectivity index (χ0n) is 7.72. The third-order valence-corrected chi connectivity index (χ3v) is 2.99. The third-order valence-electron chi connectivity index (χ3n) is 2.66. The van der Waals surface area contributed by atoms with Crippen molar-refractivity contribution >= 4 is 17.6 Å². The van der Waals surface area contributed by atoms with Crippen molar-refractivity contribution in [3.8, 4) is 0 Å². The molecule has 0 aliphatic heterocycles. The van der Waals surface area contributed by atoms with Crippen LogP contribution in [0.1, 0.15) is 34.3 Å². The lowest BCUT2D eigenvalue weighted by Crippen LogP contribution is -2.06. The number of rotatable bonds is 1. The van der Waals surface area contributed by atoms with Gasteiger partial charge < -0.3 is 5.11 Å². The van der Waals surface area contributed by atoms with Crippen LogP contribution < -0.4 is 0 Å². The van der Waals surface area contributed by atoms with Crippen LogP contribution in [0.5, 0.6) is 0 Å². The molecule has 0 spiro atoms. The topological polar surface area (TPSA) is 37.3 Å². The molecule has 0 saturated heterocycles. The first kappa shape index (κ1) is 9.53. The Morgan fingerprint density at radius 2 is 2.00 bits per heavy atom. The molecule has 1 aliphatic rings. The van der Waals surface area contributed by atoms with Crippen LogP contribution in [0.2, 0.25) is 5.02 Å². The zero-order chi connectivity index (χ0) is 10.1. The quantitative estimate of drug-likeness (QED) is 0.774. The summed E-state index contributed by atoms with van der Waals surface area (Å²) in [6.45, 7) is 0. The Hall–Kier alpha value is -1.02. The summed E-state index contributed by atoms with van der Waals surface area (Å²) in [5.74, 6) is -0.903. The molecule has 1 aromatic rings. The van der Waals surface area contributed by atoms with Gasteiger partial charge in [-0.15, -0.1) is 0 Å². The SMILES string of the molecule is O=C(O)c1cc(Cl)c2c(c1)CCCC2. The second kappa shape index (κ2) is 3.62. The minimum atomic E-state index is -0.903. The number of aryl methyl sites for hydroxylation is 1. The van der Waals surface area contributed by atoms with Crippen molar-refractivity contribution in [2.75, 3.05) is 0 Å². The van der Waals surface area contributed by atoms with Crippen molar-refractivity contribution in [1.82, 2.24) is 0 Å². The van der Waals surface area contributed by atoms with Crippen LogP contribution in [-0.2, 0) is 12.8 Å². The zero-order valence-corrected chi connectivity index (χ0v) is 8.47. The van der Waals surface area contributed by atoms with Gasteiger partial charge in [0, 0.05) is 5.02 Å². The highest BCUT2D eigenvalue weighted by Gasteiger charge is 2.15. The normalized spacial score (nSPS) is 14.9. The number of aromatic carboxylic acids is 1. The van der Waals surface area contributed by atoms with Crippen LogP contribution in [0.25, 0.3) is 0 Å². The highest BCUT2D eigenvalue weighted by Crippen LogP contribution is 2.29. The molecule has 0 unspecified atom stereocenters. The molecule has 14 heavy (non-hydrogen) atoms. The van der Waals surface area contributed by atoms with Gasteiger partial charge in [0.05, 0.1) is 5.56 Å². The van der Waals surface area contributed by atoms with E-state index in [1.165, 1.54) is 0 Å². The lowest BCUT2D eigenvalue weighted by Gasteiger charge is -2.17. The van der Waals surface area contributed by atoms with E-state index in [0.717, 1.165) is 36.8 Å². The summed E-state index contributed by atoms with van der Waals surface area (Å²) in [6, 6.07) is 3.30. The number of fused-ring (bicyclic) bond motifs is 1. The summed E-state index contributed by atoms with van der Waals surface area (Å²) in [5, 5.41) is 9.46. The molecule has 0 fully saturated rings. The van der Waals surface area contributed by atoms with Crippen LogP contribution in [0.3, 0.4) is 0 Å².